The minimum Gasteiger partial charge on any atom is -0.319 e. The van der Waals surface area contributed by atoms with Gasteiger partial charge in [-0.1, -0.05) is 30.3 Å². The van der Waals surface area contributed by atoms with E-state index in [4.69, 9.17) is 5.73 Å². The predicted molar refractivity (Wildman–Crippen MR) is 68.7 cm³/mol. The number of anilines is 1. The van der Waals surface area contributed by atoms with Crippen LogP contribution in [-0.4, -0.2) is 26.9 Å². The van der Waals surface area contributed by atoms with Gasteiger partial charge in [0.15, 0.2) is 0 Å². The number of hydrogen-bond donors (Lipinski definition) is 2. The molecule has 1 aliphatic rings. The number of carbonyl (C=O) groups excluding carboxylic acids is 1. The minimum atomic E-state index is -0.719. The van der Waals surface area contributed by atoms with Gasteiger partial charge in [0, 0.05) is 6.42 Å². The zero-order chi connectivity index (χ0) is 13.4. The average Bonchev–Trinajstić information content (AvgIpc) is 2.81. The lowest BCUT2D eigenvalue weighted by molar-refractivity contribution is -0.125. The first kappa shape index (κ1) is 11.9. The van der Waals surface area contributed by atoms with E-state index in [2.05, 4.69) is 5.10 Å². The maximum atomic E-state index is 11.6. The highest BCUT2D eigenvalue weighted by Crippen LogP contribution is 2.26. The van der Waals surface area contributed by atoms with Crippen molar-refractivity contribution in [3.8, 4) is 0 Å². The van der Waals surface area contributed by atoms with Crippen LogP contribution in [0, 0.1) is 0 Å². The molecular weight excluding hydrogens is 244 g/mol. The Bertz CT molecular complexity index is 608. The summed E-state index contributed by atoms with van der Waals surface area (Å²) in [5.41, 5.74) is 8.01. The molecule has 19 heavy (non-hydrogen) atoms. The van der Waals surface area contributed by atoms with Gasteiger partial charge in [-0.25, -0.2) is 0 Å². The number of fused-ring (bicyclic) bond motifs is 1. The van der Waals surface area contributed by atoms with Crippen molar-refractivity contribution in [2.24, 2.45) is 5.73 Å². The molecule has 3 N–H and O–H groups in total. The molecule has 98 valence electrons. The average molecular weight is 258 g/mol. The van der Waals surface area contributed by atoms with Gasteiger partial charge in [-0.3, -0.25) is 14.7 Å². The third-order valence-electron chi connectivity index (χ3n) is 3.27. The molecule has 0 aliphatic carbocycles. The minimum absolute atomic E-state index is 0.387. The number of carbonyl (C=O) groups is 1. The predicted octanol–water partition coefficient (Wildman–Crippen LogP) is 0.537. The number of aromatic nitrogens is 2. The third-order valence-corrected chi connectivity index (χ3v) is 3.27. The quantitative estimate of drug-likeness (QED) is 0.770. The van der Waals surface area contributed by atoms with Crippen molar-refractivity contribution >= 4 is 11.6 Å². The molecule has 6 nitrogen and oxygen atoms in total. The van der Waals surface area contributed by atoms with Crippen LogP contribution in [0.2, 0.25) is 0 Å². The SMILES string of the molecule is N[C@H]1Cc2c(cnn2Cc2ccccc2)N(O)C1=O. The number of hydrogen-bond acceptors (Lipinski definition) is 4. The third kappa shape index (κ3) is 2.00. The summed E-state index contributed by atoms with van der Waals surface area (Å²) in [6.07, 6.45) is 1.88. The van der Waals surface area contributed by atoms with Crippen molar-refractivity contribution in [2.45, 2.75) is 19.0 Å². The Labute approximate surface area is 110 Å². The second-order valence-corrected chi connectivity index (χ2v) is 4.58. The van der Waals surface area contributed by atoms with E-state index in [0.717, 1.165) is 11.3 Å². The molecule has 1 aromatic heterocycles. The van der Waals surface area contributed by atoms with Crippen molar-refractivity contribution in [3.63, 3.8) is 0 Å². The van der Waals surface area contributed by atoms with E-state index in [1.54, 1.807) is 4.68 Å². The van der Waals surface area contributed by atoms with Gasteiger partial charge in [-0.05, 0) is 5.56 Å². The first-order valence-corrected chi connectivity index (χ1v) is 6.04. The van der Waals surface area contributed by atoms with Gasteiger partial charge in [0.25, 0.3) is 5.91 Å². The lowest BCUT2D eigenvalue weighted by Crippen LogP contribution is -2.47. The van der Waals surface area contributed by atoms with E-state index in [-0.39, 0.29) is 0 Å². The van der Waals surface area contributed by atoms with Gasteiger partial charge in [0.05, 0.1) is 24.5 Å². The van der Waals surface area contributed by atoms with Crippen LogP contribution in [-0.2, 0) is 17.8 Å². The summed E-state index contributed by atoms with van der Waals surface area (Å²) in [5.74, 6) is -0.494. The molecule has 0 bridgehead atoms. The molecule has 0 saturated carbocycles. The zero-order valence-electron chi connectivity index (χ0n) is 10.2. The molecule has 0 radical (unpaired) electrons. The molecule has 0 unspecified atom stereocenters. The zero-order valence-corrected chi connectivity index (χ0v) is 10.2. The topological polar surface area (TPSA) is 84.4 Å². The van der Waals surface area contributed by atoms with Crippen LogP contribution in [0.15, 0.2) is 36.5 Å². The van der Waals surface area contributed by atoms with Gasteiger partial charge in [-0.15, -0.1) is 0 Å². The summed E-state index contributed by atoms with van der Waals surface area (Å²) in [6.45, 7) is 0.588. The number of rotatable bonds is 2. The number of nitrogens with zero attached hydrogens (tertiary/aromatic N) is 3. The van der Waals surface area contributed by atoms with Gasteiger partial charge in [-0.2, -0.15) is 10.2 Å². The number of nitrogens with two attached hydrogens (primary N) is 1. The van der Waals surface area contributed by atoms with Crippen LogP contribution >= 0.6 is 0 Å². The molecule has 3 rings (SSSR count). The fourth-order valence-electron chi connectivity index (χ4n) is 2.25. The summed E-state index contributed by atoms with van der Waals surface area (Å²) < 4.78 is 1.76. The second-order valence-electron chi connectivity index (χ2n) is 4.58. The van der Waals surface area contributed by atoms with Crippen LogP contribution in [0.1, 0.15) is 11.3 Å². The monoisotopic (exact) mass is 258 g/mol. The normalized spacial score (nSPS) is 18.5. The molecule has 1 aliphatic heterocycles. The summed E-state index contributed by atoms with van der Waals surface area (Å²) in [4.78, 5) is 11.6. The summed E-state index contributed by atoms with van der Waals surface area (Å²) in [6, 6.07) is 9.14. The van der Waals surface area contributed by atoms with Gasteiger partial charge in [0.2, 0.25) is 0 Å². The van der Waals surface area contributed by atoms with Gasteiger partial charge < -0.3 is 5.73 Å². The highest BCUT2D eigenvalue weighted by Gasteiger charge is 2.32. The van der Waals surface area contributed by atoms with Crippen LogP contribution in [0.3, 0.4) is 0 Å². The Morgan fingerprint density at radius 2 is 2.11 bits per heavy atom. The Balaban J connectivity index is 1.94. The first-order chi connectivity index (χ1) is 9.16. The Kier molecular flexibility index (Phi) is 2.81. The lowest BCUT2D eigenvalue weighted by atomic mass is 10.1. The number of amides is 1. The highest BCUT2D eigenvalue weighted by atomic mass is 16.5. The second kappa shape index (κ2) is 4.49. The van der Waals surface area contributed by atoms with Crippen molar-refractivity contribution in [2.75, 3.05) is 5.06 Å². The van der Waals surface area contributed by atoms with E-state index in [9.17, 15) is 10.0 Å². The van der Waals surface area contributed by atoms with Crippen LogP contribution in [0.4, 0.5) is 5.69 Å². The van der Waals surface area contributed by atoms with Crippen molar-refractivity contribution < 1.29 is 10.0 Å². The molecule has 0 saturated heterocycles. The van der Waals surface area contributed by atoms with Crippen molar-refractivity contribution in [3.05, 3.63) is 47.8 Å². The molecule has 1 amide bonds. The Morgan fingerprint density at radius 1 is 1.37 bits per heavy atom. The van der Waals surface area contributed by atoms with Crippen molar-refractivity contribution in [1.82, 2.24) is 9.78 Å². The Morgan fingerprint density at radius 3 is 2.84 bits per heavy atom. The van der Waals surface area contributed by atoms with E-state index in [1.165, 1.54) is 6.20 Å². The largest absolute Gasteiger partial charge is 0.319 e. The maximum Gasteiger partial charge on any atom is 0.268 e. The molecule has 1 aromatic carbocycles. The standard InChI is InChI=1S/C13H14N4O2/c14-10-6-11-12(17(19)13(10)18)7-15-16(11)8-9-4-2-1-3-5-9/h1-5,7,10,19H,6,8,14H2/t10-/m0/s1. The fraction of sp³-hybridized carbons (Fsp3) is 0.231. The molecule has 2 aromatic rings. The first-order valence-electron chi connectivity index (χ1n) is 6.04. The van der Waals surface area contributed by atoms with Crippen molar-refractivity contribution in [1.29, 1.82) is 0 Å². The summed E-state index contributed by atoms with van der Waals surface area (Å²) in [7, 11) is 0. The number of hydroxylamine groups is 1. The fourth-order valence-corrected chi connectivity index (χ4v) is 2.25. The van der Waals surface area contributed by atoms with E-state index >= 15 is 0 Å². The van der Waals surface area contributed by atoms with Crippen LogP contribution in [0.25, 0.3) is 0 Å². The van der Waals surface area contributed by atoms with Crippen LogP contribution in [0.5, 0.6) is 0 Å². The molecular formula is C13H14N4O2. The van der Waals surface area contributed by atoms with E-state index in [1.807, 2.05) is 30.3 Å². The molecule has 1 atom stereocenters. The smallest absolute Gasteiger partial charge is 0.268 e. The molecule has 0 spiro atoms. The van der Waals surface area contributed by atoms with E-state index in [0.29, 0.717) is 23.7 Å². The maximum absolute atomic E-state index is 11.6. The summed E-state index contributed by atoms with van der Waals surface area (Å²) in [5, 5.41) is 14.5. The summed E-state index contributed by atoms with van der Waals surface area (Å²) >= 11 is 0. The number of benzene rings is 1. The lowest BCUT2D eigenvalue weighted by Gasteiger charge is -2.25. The Hall–Kier alpha value is -2.18. The molecule has 2 heterocycles. The molecule has 0 fully saturated rings. The van der Waals surface area contributed by atoms with Crippen LogP contribution < -0.4 is 10.8 Å². The van der Waals surface area contributed by atoms with Gasteiger partial charge >= 0.3 is 0 Å². The molecule has 6 heteroatoms. The van der Waals surface area contributed by atoms with Gasteiger partial charge in [0.1, 0.15) is 5.69 Å². The highest BCUT2D eigenvalue weighted by molar-refractivity contribution is 5.97. The van der Waals surface area contributed by atoms with E-state index < -0.39 is 11.9 Å².